The molecule has 4 nitrogen and oxygen atoms in total. The summed E-state index contributed by atoms with van der Waals surface area (Å²) >= 11 is 0. The molecule has 134 valence electrons. The molecular formula is C22H25N3O. The van der Waals surface area contributed by atoms with Gasteiger partial charge in [0.05, 0.1) is 16.9 Å². The van der Waals surface area contributed by atoms with Gasteiger partial charge >= 0.3 is 0 Å². The zero-order valence-corrected chi connectivity index (χ0v) is 15.6. The van der Waals surface area contributed by atoms with E-state index in [2.05, 4.69) is 19.2 Å². The molecule has 1 heterocycles. The average Bonchev–Trinajstić information content (AvgIpc) is 3.00. The van der Waals surface area contributed by atoms with E-state index in [-0.39, 0.29) is 5.91 Å². The number of nitrogens with one attached hydrogen (secondary N) is 1. The number of aromatic nitrogens is 2. The van der Waals surface area contributed by atoms with Crippen LogP contribution < -0.4 is 5.32 Å². The Morgan fingerprint density at radius 2 is 1.65 bits per heavy atom. The highest BCUT2D eigenvalue weighted by molar-refractivity contribution is 6.01. The van der Waals surface area contributed by atoms with Crippen LogP contribution in [0.15, 0.2) is 60.7 Å². The molecular weight excluding hydrogens is 322 g/mol. The van der Waals surface area contributed by atoms with Crippen molar-refractivity contribution >= 4 is 5.91 Å². The van der Waals surface area contributed by atoms with Crippen LogP contribution >= 0.6 is 0 Å². The maximum atomic E-state index is 12.9. The standard InChI is InChI=1S/C22H25N3O/c1-16(2)14-15-23-22(26)20-17(3)25(19-12-8-5-9-13-19)24-21(20)18-10-6-4-7-11-18/h4-13,16H,14-15H2,1-3H3,(H,23,26). The van der Waals surface area contributed by atoms with Gasteiger partial charge in [0.1, 0.15) is 5.69 Å². The number of hydrogen-bond acceptors (Lipinski definition) is 2. The number of benzene rings is 2. The van der Waals surface area contributed by atoms with Gasteiger partial charge in [-0.1, -0.05) is 62.4 Å². The number of para-hydroxylation sites is 1. The van der Waals surface area contributed by atoms with Crippen LogP contribution in [0.2, 0.25) is 0 Å². The minimum atomic E-state index is -0.0656. The van der Waals surface area contributed by atoms with E-state index in [1.54, 1.807) is 0 Å². The van der Waals surface area contributed by atoms with E-state index in [4.69, 9.17) is 5.10 Å². The Morgan fingerprint density at radius 1 is 1.04 bits per heavy atom. The Balaban J connectivity index is 2.03. The molecule has 0 radical (unpaired) electrons. The van der Waals surface area contributed by atoms with E-state index in [0.29, 0.717) is 23.7 Å². The van der Waals surface area contributed by atoms with Gasteiger partial charge in [0.25, 0.3) is 5.91 Å². The third-order valence-corrected chi connectivity index (χ3v) is 4.40. The van der Waals surface area contributed by atoms with Gasteiger partial charge in [-0.15, -0.1) is 0 Å². The van der Waals surface area contributed by atoms with Gasteiger partial charge in [-0.25, -0.2) is 4.68 Å². The van der Waals surface area contributed by atoms with E-state index < -0.39 is 0 Å². The van der Waals surface area contributed by atoms with Gasteiger partial charge in [0.15, 0.2) is 0 Å². The highest BCUT2D eigenvalue weighted by Gasteiger charge is 2.22. The topological polar surface area (TPSA) is 46.9 Å². The van der Waals surface area contributed by atoms with Crippen molar-refractivity contribution in [2.24, 2.45) is 5.92 Å². The lowest BCUT2D eigenvalue weighted by Crippen LogP contribution is -2.26. The minimum Gasteiger partial charge on any atom is -0.352 e. The van der Waals surface area contributed by atoms with Gasteiger partial charge in [-0.05, 0) is 31.4 Å². The van der Waals surface area contributed by atoms with Crippen LogP contribution in [0.5, 0.6) is 0 Å². The van der Waals surface area contributed by atoms with E-state index in [0.717, 1.165) is 23.4 Å². The molecule has 0 saturated heterocycles. The molecule has 0 saturated carbocycles. The largest absolute Gasteiger partial charge is 0.352 e. The molecule has 1 amide bonds. The molecule has 0 fully saturated rings. The molecule has 26 heavy (non-hydrogen) atoms. The second-order valence-electron chi connectivity index (χ2n) is 6.86. The first-order valence-electron chi connectivity index (χ1n) is 9.06. The summed E-state index contributed by atoms with van der Waals surface area (Å²) in [5.74, 6) is 0.487. The van der Waals surface area contributed by atoms with E-state index in [1.807, 2.05) is 72.3 Å². The number of nitrogens with zero attached hydrogens (tertiary/aromatic N) is 2. The number of rotatable bonds is 6. The highest BCUT2D eigenvalue weighted by Crippen LogP contribution is 2.27. The first kappa shape index (κ1) is 17.9. The zero-order chi connectivity index (χ0) is 18.5. The molecule has 0 aliphatic carbocycles. The van der Waals surface area contributed by atoms with E-state index in [9.17, 15) is 4.79 Å². The van der Waals surface area contributed by atoms with Gasteiger partial charge in [0.2, 0.25) is 0 Å². The van der Waals surface area contributed by atoms with Crippen molar-refractivity contribution in [1.29, 1.82) is 0 Å². The second kappa shape index (κ2) is 8.00. The predicted molar refractivity (Wildman–Crippen MR) is 106 cm³/mol. The first-order chi connectivity index (χ1) is 12.6. The number of hydrogen-bond donors (Lipinski definition) is 1. The SMILES string of the molecule is Cc1c(C(=O)NCCC(C)C)c(-c2ccccc2)nn1-c1ccccc1. The van der Waals surface area contributed by atoms with Crippen LogP contribution in [0.1, 0.15) is 36.3 Å². The maximum absolute atomic E-state index is 12.9. The summed E-state index contributed by atoms with van der Waals surface area (Å²) in [4.78, 5) is 12.9. The van der Waals surface area contributed by atoms with Crippen LogP contribution in [-0.2, 0) is 0 Å². The third kappa shape index (κ3) is 3.85. The molecule has 4 heteroatoms. The number of carbonyl (C=O) groups is 1. The van der Waals surface area contributed by atoms with Crippen molar-refractivity contribution in [2.75, 3.05) is 6.54 Å². The Labute approximate surface area is 154 Å². The molecule has 0 aliphatic heterocycles. The monoisotopic (exact) mass is 347 g/mol. The first-order valence-corrected chi connectivity index (χ1v) is 9.06. The van der Waals surface area contributed by atoms with Crippen molar-refractivity contribution in [3.63, 3.8) is 0 Å². The van der Waals surface area contributed by atoms with Crippen LogP contribution in [-0.4, -0.2) is 22.2 Å². The summed E-state index contributed by atoms with van der Waals surface area (Å²) in [5, 5.41) is 7.82. The lowest BCUT2D eigenvalue weighted by molar-refractivity contribution is 0.0952. The highest BCUT2D eigenvalue weighted by atomic mass is 16.1. The summed E-state index contributed by atoms with van der Waals surface area (Å²) < 4.78 is 1.85. The molecule has 0 bridgehead atoms. The summed E-state index contributed by atoms with van der Waals surface area (Å²) in [6.45, 7) is 6.92. The molecule has 2 aromatic carbocycles. The van der Waals surface area contributed by atoms with Gasteiger partial charge in [-0.3, -0.25) is 4.79 Å². The Hall–Kier alpha value is -2.88. The molecule has 0 atom stereocenters. The van der Waals surface area contributed by atoms with Crippen molar-refractivity contribution in [3.05, 3.63) is 71.9 Å². The van der Waals surface area contributed by atoms with Crippen LogP contribution in [0, 0.1) is 12.8 Å². The van der Waals surface area contributed by atoms with Crippen molar-refractivity contribution in [2.45, 2.75) is 27.2 Å². The molecule has 1 aromatic heterocycles. The molecule has 3 rings (SSSR count). The molecule has 1 N–H and O–H groups in total. The molecule has 0 spiro atoms. The minimum absolute atomic E-state index is 0.0656. The smallest absolute Gasteiger partial charge is 0.255 e. The summed E-state index contributed by atoms with van der Waals surface area (Å²) in [5.41, 5.74) is 4.10. The maximum Gasteiger partial charge on any atom is 0.255 e. The molecule has 0 aliphatic rings. The number of amides is 1. The molecule has 3 aromatic rings. The summed E-state index contributed by atoms with van der Waals surface area (Å²) in [7, 11) is 0. The fourth-order valence-electron chi connectivity index (χ4n) is 2.96. The van der Waals surface area contributed by atoms with Crippen LogP contribution in [0.25, 0.3) is 16.9 Å². The van der Waals surface area contributed by atoms with Crippen LogP contribution in [0.4, 0.5) is 0 Å². The number of carbonyl (C=O) groups excluding carboxylic acids is 1. The average molecular weight is 347 g/mol. The Morgan fingerprint density at radius 3 is 2.27 bits per heavy atom. The van der Waals surface area contributed by atoms with Gasteiger partial charge in [0, 0.05) is 12.1 Å². The van der Waals surface area contributed by atoms with Crippen molar-refractivity contribution in [1.82, 2.24) is 15.1 Å². The lowest BCUT2D eigenvalue weighted by Gasteiger charge is -2.08. The third-order valence-electron chi connectivity index (χ3n) is 4.40. The zero-order valence-electron chi connectivity index (χ0n) is 15.6. The summed E-state index contributed by atoms with van der Waals surface area (Å²) in [6, 6.07) is 19.8. The second-order valence-corrected chi connectivity index (χ2v) is 6.86. The van der Waals surface area contributed by atoms with Gasteiger partial charge < -0.3 is 5.32 Å². The van der Waals surface area contributed by atoms with Crippen molar-refractivity contribution < 1.29 is 4.79 Å². The fourth-order valence-corrected chi connectivity index (χ4v) is 2.96. The van der Waals surface area contributed by atoms with Gasteiger partial charge in [-0.2, -0.15) is 5.10 Å². The normalized spacial score (nSPS) is 10.9. The predicted octanol–water partition coefficient (Wildman–Crippen LogP) is 4.62. The fraction of sp³-hybridized carbons (Fsp3) is 0.273. The Bertz CT molecular complexity index is 867. The Kier molecular flexibility index (Phi) is 5.52. The quantitative estimate of drug-likeness (QED) is 0.707. The van der Waals surface area contributed by atoms with E-state index in [1.165, 1.54) is 0 Å². The molecule has 0 unspecified atom stereocenters. The van der Waals surface area contributed by atoms with Crippen molar-refractivity contribution in [3.8, 4) is 16.9 Å². The van der Waals surface area contributed by atoms with Crippen LogP contribution in [0.3, 0.4) is 0 Å². The summed E-state index contributed by atoms with van der Waals surface area (Å²) in [6.07, 6.45) is 0.957. The lowest BCUT2D eigenvalue weighted by atomic mass is 10.1. The van der Waals surface area contributed by atoms with E-state index >= 15 is 0 Å².